The number of carbonyl (C=O) groups excluding carboxylic acids is 2. The van der Waals surface area contributed by atoms with Gasteiger partial charge in [-0.3, -0.25) is 4.79 Å². The molecule has 1 saturated carbocycles. The van der Waals surface area contributed by atoms with Crippen LogP contribution in [0.2, 0.25) is 0 Å². The fourth-order valence-corrected chi connectivity index (χ4v) is 4.26. The molecule has 1 aromatic heterocycles. The van der Waals surface area contributed by atoms with E-state index in [4.69, 9.17) is 0 Å². The van der Waals surface area contributed by atoms with Gasteiger partial charge in [-0.05, 0) is 43.7 Å². The fourth-order valence-electron chi connectivity index (χ4n) is 4.26. The molecule has 3 amide bonds. The fraction of sp³-hybridized carbons (Fsp3) is 0.476. The second-order valence-electron chi connectivity index (χ2n) is 8.35. The predicted octanol–water partition coefficient (Wildman–Crippen LogP) is 1.35. The summed E-state index contributed by atoms with van der Waals surface area (Å²) in [4.78, 5) is 27.9. The molecule has 4 rings (SSSR count). The van der Waals surface area contributed by atoms with Gasteiger partial charge in [0.25, 0.3) is 5.91 Å². The molecule has 2 aromatic rings. The molecule has 7 nitrogen and oxygen atoms in total. The topological polar surface area (TPSA) is 71.7 Å². The quantitative estimate of drug-likeness (QED) is 0.767. The Morgan fingerprint density at radius 2 is 1.93 bits per heavy atom. The van der Waals surface area contributed by atoms with Crippen LogP contribution < -0.4 is 10.2 Å². The van der Waals surface area contributed by atoms with Gasteiger partial charge in [0, 0.05) is 11.8 Å². The van der Waals surface area contributed by atoms with Crippen LogP contribution in [0.4, 0.5) is 4.79 Å². The van der Waals surface area contributed by atoms with Gasteiger partial charge in [0.1, 0.15) is 12.1 Å². The van der Waals surface area contributed by atoms with Crippen molar-refractivity contribution >= 4 is 11.9 Å². The molecule has 1 aliphatic carbocycles. The van der Waals surface area contributed by atoms with Crippen molar-refractivity contribution in [3.63, 3.8) is 0 Å². The van der Waals surface area contributed by atoms with E-state index in [2.05, 4.69) is 17.3 Å². The Morgan fingerprint density at radius 3 is 2.64 bits per heavy atom. The highest BCUT2D eigenvalue weighted by Gasteiger charge is 2.52. The predicted molar refractivity (Wildman–Crippen MR) is 105 cm³/mol. The smallest absolute Gasteiger partial charge is 0.323 e. The Morgan fingerprint density at radius 1 is 1.21 bits per heavy atom. The first-order valence-electron chi connectivity index (χ1n) is 10.0. The first-order chi connectivity index (χ1) is 13.5. The van der Waals surface area contributed by atoms with Crippen molar-refractivity contribution in [2.24, 2.45) is 5.92 Å². The van der Waals surface area contributed by atoms with E-state index in [-0.39, 0.29) is 11.9 Å². The SMILES string of the molecule is CC1CCC2(CC1)NC(=O)N(C[NH+](C)Cc1cnn(-c3ccccc3)c1)C2=O. The van der Waals surface area contributed by atoms with Crippen molar-refractivity contribution in [1.29, 1.82) is 0 Å². The number of imide groups is 1. The van der Waals surface area contributed by atoms with E-state index >= 15 is 0 Å². The maximum absolute atomic E-state index is 13.0. The monoisotopic (exact) mass is 382 g/mol. The van der Waals surface area contributed by atoms with E-state index in [9.17, 15) is 9.59 Å². The summed E-state index contributed by atoms with van der Waals surface area (Å²) in [5.74, 6) is 0.572. The average molecular weight is 382 g/mol. The molecule has 2 fully saturated rings. The second kappa shape index (κ2) is 7.39. The number of nitrogens with zero attached hydrogens (tertiary/aromatic N) is 3. The highest BCUT2D eigenvalue weighted by molar-refractivity contribution is 6.06. The minimum atomic E-state index is -0.665. The number of quaternary nitrogens is 1. The molecule has 0 radical (unpaired) electrons. The number of hydrogen-bond donors (Lipinski definition) is 2. The summed E-state index contributed by atoms with van der Waals surface area (Å²) in [7, 11) is 1.99. The average Bonchev–Trinajstić information content (AvgIpc) is 3.24. The standard InChI is InChI=1S/C21H27N5O2/c1-16-8-10-21(11-9-16)19(27)25(20(28)23-21)15-24(2)13-17-12-22-26(14-17)18-6-4-3-5-7-18/h3-7,12,14,16H,8-11,13,15H2,1-2H3,(H,23,28)/p+1. The highest BCUT2D eigenvalue weighted by Crippen LogP contribution is 2.35. The number of benzene rings is 1. The molecular formula is C21H28N5O2+. The van der Waals surface area contributed by atoms with Crippen molar-refractivity contribution in [2.75, 3.05) is 13.7 Å². The van der Waals surface area contributed by atoms with Crippen molar-refractivity contribution in [1.82, 2.24) is 20.0 Å². The molecule has 0 bridgehead atoms. The normalized spacial score (nSPS) is 25.9. The molecule has 1 saturated heterocycles. The van der Waals surface area contributed by atoms with Crippen molar-refractivity contribution in [3.05, 3.63) is 48.3 Å². The van der Waals surface area contributed by atoms with Crippen LogP contribution in [0.25, 0.3) is 5.69 Å². The zero-order chi connectivity index (χ0) is 19.7. The summed E-state index contributed by atoms with van der Waals surface area (Å²) in [5.41, 5.74) is 1.41. The largest absolute Gasteiger partial charge is 0.329 e. The maximum Gasteiger partial charge on any atom is 0.329 e. The van der Waals surface area contributed by atoms with Gasteiger partial charge in [-0.1, -0.05) is 25.1 Å². The van der Waals surface area contributed by atoms with Gasteiger partial charge in [-0.25, -0.2) is 14.4 Å². The lowest BCUT2D eigenvalue weighted by molar-refractivity contribution is -0.901. The van der Waals surface area contributed by atoms with Crippen LogP contribution in [0.5, 0.6) is 0 Å². The second-order valence-corrected chi connectivity index (χ2v) is 8.35. The van der Waals surface area contributed by atoms with Crippen molar-refractivity contribution in [2.45, 2.75) is 44.7 Å². The number of nitrogens with one attached hydrogen (secondary N) is 2. The number of aromatic nitrogens is 2. The molecule has 1 atom stereocenters. The molecule has 2 aliphatic rings. The Hall–Kier alpha value is -2.67. The summed E-state index contributed by atoms with van der Waals surface area (Å²) in [6, 6.07) is 9.69. The van der Waals surface area contributed by atoms with Crippen LogP contribution in [0.15, 0.2) is 42.7 Å². The molecule has 148 valence electrons. The van der Waals surface area contributed by atoms with Gasteiger partial charge in [0.2, 0.25) is 0 Å². The van der Waals surface area contributed by atoms with E-state index in [0.717, 1.165) is 41.8 Å². The molecule has 28 heavy (non-hydrogen) atoms. The first kappa shape index (κ1) is 18.7. The van der Waals surface area contributed by atoms with E-state index in [1.807, 2.05) is 54.5 Å². The highest BCUT2D eigenvalue weighted by atomic mass is 16.2. The third-order valence-corrected chi connectivity index (χ3v) is 5.96. The van der Waals surface area contributed by atoms with Crippen LogP contribution in [-0.2, 0) is 11.3 Å². The number of amides is 3. The van der Waals surface area contributed by atoms with Crippen LogP contribution >= 0.6 is 0 Å². The van der Waals surface area contributed by atoms with Crippen molar-refractivity contribution < 1.29 is 14.5 Å². The third kappa shape index (κ3) is 3.54. The lowest BCUT2D eigenvalue weighted by atomic mass is 9.77. The number of carbonyl (C=O) groups is 2. The van der Waals surface area contributed by atoms with Gasteiger partial charge in [-0.2, -0.15) is 5.10 Å². The molecule has 1 aliphatic heterocycles. The van der Waals surface area contributed by atoms with Crippen LogP contribution in [0.1, 0.15) is 38.2 Å². The van der Waals surface area contributed by atoms with Crippen molar-refractivity contribution in [3.8, 4) is 5.69 Å². The maximum atomic E-state index is 13.0. The zero-order valence-corrected chi connectivity index (χ0v) is 16.5. The molecule has 1 aromatic carbocycles. The summed E-state index contributed by atoms with van der Waals surface area (Å²) < 4.78 is 1.84. The number of urea groups is 1. The van der Waals surface area contributed by atoms with Gasteiger partial charge in [0.05, 0.1) is 18.9 Å². The molecular weight excluding hydrogens is 354 g/mol. The molecule has 1 spiro atoms. The summed E-state index contributed by atoms with van der Waals surface area (Å²) in [6.07, 6.45) is 7.31. The van der Waals surface area contributed by atoms with Crippen LogP contribution in [0.3, 0.4) is 0 Å². The lowest BCUT2D eigenvalue weighted by Gasteiger charge is -2.33. The zero-order valence-electron chi connectivity index (χ0n) is 16.5. The van der Waals surface area contributed by atoms with Gasteiger partial charge in [-0.15, -0.1) is 0 Å². The Labute approximate surface area is 165 Å². The van der Waals surface area contributed by atoms with Gasteiger partial charge < -0.3 is 10.2 Å². The third-order valence-electron chi connectivity index (χ3n) is 5.96. The van der Waals surface area contributed by atoms with Crippen LogP contribution in [-0.4, -0.2) is 45.9 Å². The number of para-hydroxylation sites is 1. The molecule has 2 N–H and O–H groups in total. The summed E-state index contributed by atoms with van der Waals surface area (Å²) in [5, 5.41) is 7.41. The first-order valence-corrected chi connectivity index (χ1v) is 10.0. The van der Waals surface area contributed by atoms with E-state index in [0.29, 0.717) is 19.1 Å². The van der Waals surface area contributed by atoms with E-state index in [1.165, 1.54) is 4.90 Å². The Bertz CT molecular complexity index is 855. The number of hydrogen-bond acceptors (Lipinski definition) is 3. The van der Waals surface area contributed by atoms with E-state index < -0.39 is 5.54 Å². The minimum Gasteiger partial charge on any atom is -0.323 e. The van der Waals surface area contributed by atoms with Gasteiger partial charge >= 0.3 is 6.03 Å². The molecule has 7 heteroatoms. The molecule has 2 heterocycles. The Balaban J connectivity index is 1.39. The van der Waals surface area contributed by atoms with E-state index in [1.54, 1.807) is 0 Å². The van der Waals surface area contributed by atoms with Crippen LogP contribution in [0, 0.1) is 5.92 Å². The minimum absolute atomic E-state index is 0.0521. The summed E-state index contributed by atoms with van der Waals surface area (Å²) in [6.45, 7) is 3.26. The van der Waals surface area contributed by atoms with Gasteiger partial charge in [0.15, 0.2) is 6.67 Å². The molecule has 1 unspecified atom stereocenters. The Kier molecular flexibility index (Phi) is 4.93. The summed E-state index contributed by atoms with van der Waals surface area (Å²) >= 11 is 0. The lowest BCUT2D eigenvalue weighted by Crippen LogP contribution is -3.09. The number of rotatable bonds is 5.